The lowest BCUT2D eigenvalue weighted by molar-refractivity contribution is -0.117. The molecule has 1 saturated heterocycles. The van der Waals surface area contributed by atoms with Crippen LogP contribution in [0, 0.1) is 0 Å². The molecule has 2 amide bonds. The number of nitrogens with one attached hydrogen (secondary N) is 1. The quantitative estimate of drug-likeness (QED) is 0.884. The number of hydrogen-bond acceptors (Lipinski definition) is 3. The Morgan fingerprint density at radius 2 is 1.71 bits per heavy atom. The van der Waals surface area contributed by atoms with Gasteiger partial charge in [0, 0.05) is 36.6 Å². The minimum absolute atomic E-state index is 0.0555. The van der Waals surface area contributed by atoms with E-state index in [0.717, 1.165) is 56.7 Å². The summed E-state index contributed by atoms with van der Waals surface area (Å²) < 4.78 is 0. The molecule has 2 aliphatic heterocycles. The number of aryl methyl sites for hydroxylation is 1. The highest BCUT2D eigenvalue weighted by Crippen LogP contribution is 2.26. The maximum atomic E-state index is 12.8. The Labute approximate surface area is 166 Å². The SMILES string of the molecule is O=C(c1cccc(NCC(=O)N2CCCc3ccccc32)c1)N1CCCCC1. The third-order valence-electron chi connectivity index (χ3n) is 5.61. The Morgan fingerprint density at radius 3 is 2.57 bits per heavy atom. The molecule has 0 bridgehead atoms. The van der Waals surface area contributed by atoms with Crippen molar-refractivity contribution in [3.05, 3.63) is 59.7 Å². The van der Waals surface area contributed by atoms with Gasteiger partial charge in [-0.05, 0) is 61.9 Å². The second-order valence-corrected chi connectivity index (χ2v) is 7.56. The molecular formula is C23H27N3O2. The van der Waals surface area contributed by atoms with Gasteiger partial charge in [0.05, 0.1) is 6.54 Å². The second-order valence-electron chi connectivity index (χ2n) is 7.56. The number of rotatable bonds is 4. The summed E-state index contributed by atoms with van der Waals surface area (Å²) >= 11 is 0. The molecule has 0 saturated carbocycles. The molecule has 5 nitrogen and oxygen atoms in total. The molecule has 146 valence electrons. The number of nitrogens with zero attached hydrogens (tertiary/aromatic N) is 2. The lowest BCUT2D eigenvalue weighted by Gasteiger charge is -2.29. The molecule has 1 fully saturated rings. The molecule has 0 atom stereocenters. The van der Waals surface area contributed by atoms with Crippen molar-refractivity contribution in [3.8, 4) is 0 Å². The van der Waals surface area contributed by atoms with Gasteiger partial charge in [0.1, 0.15) is 0 Å². The van der Waals surface area contributed by atoms with Gasteiger partial charge in [0.2, 0.25) is 5.91 Å². The minimum Gasteiger partial charge on any atom is -0.376 e. The summed E-state index contributed by atoms with van der Waals surface area (Å²) in [5, 5.41) is 3.21. The minimum atomic E-state index is 0.0555. The molecule has 0 aliphatic carbocycles. The number of likely N-dealkylation sites (tertiary alicyclic amines) is 1. The van der Waals surface area contributed by atoms with Crippen molar-refractivity contribution in [2.45, 2.75) is 32.1 Å². The van der Waals surface area contributed by atoms with Gasteiger partial charge in [0.15, 0.2) is 0 Å². The third-order valence-corrected chi connectivity index (χ3v) is 5.61. The molecule has 4 rings (SSSR count). The summed E-state index contributed by atoms with van der Waals surface area (Å²) in [4.78, 5) is 29.3. The molecule has 2 heterocycles. The highest BCUT2D eigenvalue weighted by Gasteiger charge is 2.22. The molecule has 1 N–H and O–H groups in total. The monoisotopic (exact) mass is 377 g/mol. The number of fused-ring (bicyclic) bond motifs is 1. The van der Waals surface area contributed by atoms with E-state index in [9.17, 15) is 9.59 Å². The zero-order valence-electron chi connectivity index (χ0n) is 16.2. The Bertz CT molecular complexity index is 858. The standard InChI is InChI=1S/C23H27N3O2/c27-22(26-15-7-10-18-8-2-3-12-21(18)26)17-24-20-11-6-9-19(16-20)23(28)25-13-4-1-5-14-25/h2-3,6,8-9,11-12,16,24H,1,4-5,7,10,13-15,17H2. The summed E-state index contributed by atoms with van der Waals surface area (Å²) in [6.07, 6.45) is 5.37. The van der Waals surface area contributed by atoms with Crippen molar-refractivity contribution in [3.63, 3.8) is 0 Å². The zero-order valence-corrected chi connectivity index (χ0v) is 16.2. The average Bonchev–Trinajstić information content (AvgIpc) is 2.77. The van der Waals surface area contributed by atoms with Gasteiger partial charge in [-0.1, -0.05) is 24.3 Å². The summed E-state index contributed by atoms with van der Waals surface area (Å²) in [5.41, 5.74) is 3.75. The molecule has 2 aromatic carbocycles. The van der Waals surface area contributed by atoms with E-state index in [4.69, 9.17) is 0 Å². The van der Waals surface area contributed by atoms with Crippen LogP contribution in [0.15, 0.2) is 48.5 Å². The largest absolute Gasteiger partial charge is 0.376 e. The number of amides is 2. The van der Waals surface area contributed by atoms with E-state index < -0.39 is 0 Å². The van der Waals surface area contributed by atoms with Crippen molar-refractivity contribution in [1.82, 2.24) is 4.90 Å². The smallest absolute Gasteiger partial charge is 0.253 e. The van der Waals surface area contributed by atoms with E-state index in [2.05, 4.69) is 11.4 Å². The van der Waals surface area contributed by atoms with Crippen LogP contribution < -0.4 is 10.2 Å². The van der Waals surface area contributed by atoms with E-state index in [1.165, 1.54) is 12.0 Å². The van der Waals surface area contributed by atoms with Crippen LogP contribution in [-0.2, 0) is 11.2 Å². The predicted molar refractivity (Wildman–Crippen MR) is 112 cm³/mol. The number of carbonyl (C=O) groups excluding carboxylic acids is 2. The highest BCUT2D eigenvalue weighted by molar-refractivity contribution is 5.98. The molecule has 28 heavy (non-hydrogen) atoms. The fraction of sp³-hybridized carbons (Fsp3) is 0.391. The maximum absolute atomic E-state index is 12.8. The van der Waals surface area contributed by atoms with Crippen LogP contribution in [0.2, 0.25) is 0 Å². The van der Waals surface area contributed by atoms with Gasteiger partial charge in [-0.3, -0.25) is 9.59 Å². The van der Waals surface area contributed by atoms with Gasteiger partial charge in [0.25, 0.3) is 5.91 Å². The molecule has 0 spiro atoms. The lowest BCUT2D eigenvalue weighted by atomic mass is 10.0. The number of hydrogen-bond donors (Lipinski definition) is 1. The van der Waals surface area contributed by atoms with Gasteiger partial charge in [-0.15, -0.1) is 0 Å². The first-order valence-corrected chi connectivity index (χ1v) is 10.2. The van der Waals surface area contributed by atoms with Gasteiger partial charge in [-0.25, -0.2) is 0 Å². The molecule has 5 heteroatoms. The molecule has 0 radical (unpaired) electrons. The van der Waals surface area contributed by atoms with Crippen LogP contribution in [0.1, 0.15) is 41.6 Å². The van der Waals surface area contributed by atoms with Crippen molar-refractivity contribution >= 4 is 23.2 Å². The summed E-state index contributed by atoms with van der Waals surface area (Å²) in [6, 6.07) is 15.6. The van der Waals surface area contributed by atoms with E-state index in [0.29, 0.717) is 5.56 Å². The number of anilines is 2. The molecular weight excluding hydrogens is 350 g/mol. The molecule has 2 aromatic rings. The fourth-order valence-electron chi connectivity index (χ4n) is 4.11. The Morgan fingerprint density at radius 1 is 0.893 bits per heavy atom. The zero-order chi connectivity index (χ0) is 19.3. The summed E-state index contributed by atoms with van der Waals surface area (Å²) in [5.74, 6) is 0.138. The average molecular weight is 377 g/mol. The molecule has 0 unspecified atom stereocenters. The van der Waals surface area contributed by atoms with Crippen molar-refractivity contribution in [2.75, 3.05) is 36.4 Å². The first-order chi connectivity index (χ1) is 13.7. The Kier molecular flexibility index (Phi) is 5.60. The molecule has 2 aliphatic rings. The van der Waals surface area contributed by atoms with E-state index in [-0.39, 0.29) is 18.4 Å². The van der Waals surface area contributed by atoms with Crippen LogP contribution in [0.5, 0.6) is 0 Å². The van der Waals surface area contributed by atoms with E-state index in [1.807, 2.05) is 52.3 Å². The highest BCUT2D eigenvalue weighted by atomic mass is 16.2. The Hall–Kier alpha value is -2.82. The first-order valence-electron chi connectivity index (χ1n) is 10.2. The number of para-hydroxylation sites is 1. The van der Waals surface area contributed by atoms with Gasteiger partial charge < -0.3 is 15.1 Å². The van der Waals surface area contributed by atoms with Crippen molar-refractivity contribution in [2.24, 2.45) is 0 Å². The van der Waals surface area contributed by atoms with Crippen molar-refractivity contribution < 1.29 is 9.59 Å². The third kappa shape index (κ3) is 4.03. The predicted octanol–water partition coefficient (Wildman–Crippen LogP) is 3.70. The van der Waals surface area contributed by atoms with Gasteiger partial charge >= 0.3 is 0 Å². The van der Waals surface area contributed by atoms with Crippen LogP contribution >= 0.6 is 0 Å². The van der Waals surface area contributed by atoms with Crippen molar-refractivity contribution in [1.29, 1.82) is 0 Å². The second kappa shape index (κ2) is 8.46. The first kappa shape index (κ1) is 18.5. The topological polar surface area (TPSA) is 52.7 Å². The summed E-state index contributed by atoms with van der Waals surface area (Å²) in [7, 11) is 0. The van der Waals surface area contributed by atoms with Gasteiger partial charge in [-0.2, -0.15) is 0 Å². The maximum Gasteiger partial charge on any atom is 0.253 e. The van der Waals surface area contributed by atoms with Crippen LogP contribution in [0.4, 0.5) is 11.4 Å². The van der Waals surface area contributed by atoms with Crippen LogP contribution in [0.3, 0.4) is 0 Å². The summed E-state index contributed by atoms with van der Waals surface area (Å²) in [6.45, 7) is 2.65. The fourth-order valence-corrected chi connectivity index (χ4v) is 4.11. The van der Waals surface area contributed by atoms with Crippen LogP contribution in [0.25, 0.3) is 0 Å². The number of carbonyl (C=O) groups is 2. The normalized spacial score (nSPS) is 16.4. The van der Waals surface area contributed by atoms with Crippen LogP contribution in [-0.4, -0.2) is 42.9 Å². The lowest BCUT2D eigenvalue weighted by Crippen LogP contribution is -2.39. The number of benzene rings is 2. The van der Waals surface area contributed by atoms with E-state index >= 15 is 0 Å². The molecule has 0 aromatic heterocycles. The number of piperidine rings is 1. The van der Waals surface area contributed by atoms with E-state index in [1.54, 1.807) is 0 Å². The Balaban J connectivity index is 1.40.